The van der Waals surface area contributed by atoms with Crippen LogP contribution in [0.15, 0.2) is 66.9 Å². The van der Waals surface area contributed by atoms with Gasteiger partial charge >= 0.3 is 0 Å². The molecule has 2 aliphatic carbocycles. The van der Waals surface area contributed by atoms with Gasteiger partial charge in [-0.25, -0.2) is 0 Å². The van der Waals surface area contributed by atoms with E-state index in [1.807, 2.05) is 25.1 Å². The van der Waals surface area contributed by atoms with Crippen molar-refractivity contribution in [2.45, 2.75) is 69.3 Å². The average molecular weight is 484 g/mol. The zero-order chi connectivity index (χ0) is 25.2. The van der Waals surface area contributed by atoms with Gasteiger partial charge in [-0.2, -0.15) is 0 Å². The summed E-state index contributed by atoms with van der Waals surface area (Å²) in [5, 5.41) is 11.3. The van der Waals surface area contributed by atoms with Gasteiger partial charge in [-0.3, -0.25) is 9.78 Å². The van der Waals surface area contributed by atoms with Crippen LogP contribution in [0, 0.1) is 12.8 Å². The fourth-order valence-electron chi connectivity index (χ4n) is 6.81. The second-order valence-electron chi connectivity index (χ2n) is 11.0. The number of pyridine rings is 1. The van der Waals surface area contributed by atoms with E-state index in [0.29, 0.717) is 18.9 Å². The number of nitrogens with zero attached hydrogens (tertiary/aromatic N) is 1. The first-order chi connectivity index (χ1) is 17.4. The summed E-state index contributed by atoms with van der Waals surface area (Å²) in [5.41, 5.74) is 5.90. The number of methoxy groups -OCH3 is 1. The number of ether oxygens (including phenoxy) is 1. The van der Waals surface area contributed by atoms with Crippen molar-refractivity contribution in [3.63, 3.8) is 0 Å². The van der Waals surface area contributed by atoms with Gasteiger partial charge in [0.2, 0.25) is 0 Å². The van der Waals surface area contributed by atoms with E-state index in [0.717, 1.165) is 61.8 Å². The predicted molar refractivity (Wildman–Crippen MR) is 142 cm³/mol. The molecule has 4 heteroatoms. The van der Waals surface area contributed by atoms with Gasteiger partial charge in [0, 0.05) is 36.4 Å². The van der Waals surface area contributed by atoms with Crippen LogP contribution < -0.4 is 0 Å². The van der Waals surface area contributed by atoms with E-state index in [9.17, 15) is 9.90 Å². The Balaban J connectivity index is 1.52. The molecule has 4 nitrogen and oxygen atoms in total. The molecule has 2 aromatic carbocycles. The molecule has 1 aromatic heterocycles. The van der Waals surface area contributed by atoms with Crippen LogP contribution in [0.25, 0.3) is 0 Å². The largest absolute Gasteiger partial charge is 0.387 e. The molecule has 0 spiro atoms. The third-order valence-electron chi connectivity index (χ3n) is 8.65. The number of carbonyl (C=O) groups is 1. The first-order valence-corrected chi connectivity index (χ1v) is 13.2. The second kappa shape index (κ2) is 10.3. The Morgan fingerprint density at radius 1 is 1.11 bits per heavy atom. The number of hydrogen-bond donors (Lipinski definition) is 1. The van der Waals surface area contributed by atoms with Crippen molar-refractivity contribution in [3.05, 3.63) is 100 Å². The van der Waals surface area contributed by atoms with E-state index in [2.05, 4.69) is 47.4 Å². The van der Waals surface area contributed by atoms with Crippen LogP contribution in [-0.2, 0) is 29.4 Å². The number of Topliss-reactive ketones (excluding diaryl/α,β-unsaturated/α-hetero) is 1. The van der Waals surface area contributed by atoms with Gasteiger partial charge in [-0.15, -0.1) is 0 Å². The Hall–Kier alpha value is -2.82. The average Bonchev–Trinajstić information content (AvgIpc) is 3.02. The van der Waals surface area contributed by atoms with Gasteiger partial charge in [0.1, 0.15) is 0 Å². The predicted octanol–water partition coefficient (Wildman–Crippen LogP) is 5.81. The van der Waals surface area contributed by atoms with Crippen molar-refractivity contribution in [1.82, 2.24) is 4.98 Å². The number of ketones is 1. The number of hydrogen-bond acceptors (Lipinski definition) is 4. The van der Waals surface area contributed by atoms with Gasteiger partial charge in [-0.1, -0.05) is 48.5 Å². The van der Waals surface area contributed by atoms with Crippen LogP contribution in [0.5, 0.6) is 0 Å². The molecule has 1 fully saturated rings. The zero-order valence-corrected chi connectivity index (χ0v) is 21.5. The minimum absolute atomic E-state index is 0.0470. The van der Waals surface area contributed by atoms with E-state index in [-0.39, 0.29) is 11.2 Å². The molecule has 0 amide bonds. The topological polar surface area (TPSA) is 59.4 Å². The molecule has 0 aliphatic heterocycles. The smallest absolute Gasteiger partial charge is 0.167 e. The monoisotopic (exact) mass is 483 g/mol. The normalized spacial score (nSPS) is 25.5. The van der Waals surface area contributed by atoms with Crippen LogP contribution in [0.2, 0.25) is 0 Å². The lowest BCUT2D eigenvalue weighted by atomic mass is 9.56. The van der Waals surface area contributed by atoms with Gasteiger partial charge in [0.05, 0.1) is 12.2 Å². The molecule has 0 radical (unpaired) electrons. The molecule has 0 saturated heterocycles. The molecule has 188 valence electrons. The third-order valence-corrected chi connectivity index (χ3v) is 8.65. The summed E-state index contributed by atoms with van der Waals surface area (Å²) in [6.45, 7) is 2.35. The van der Waals surface area contributed by atoms with Crippen molar-refractivity contribution in [2.24, 2.45) is 5.92 Å². The fourth-order valence-corrected chi connectivity index (χ4v) is 6.81. The Bertz CT molecular complexity index is 1220. The first kappa shape index (κ1) is 24.9. The van der Waals surface area contributed by atoms with E-state index in [1.54, 1.807) is 13.3 Å². The Morgan fingerprint density at radius 2 is 1.94 bits per heavy atom. The quantitative estimate of drug-likeness (QED) is 0.431. The van der Waals surface area contributed by atoms with Crippen LogP contribution in [0.3, 0.4) is 0 Å². The molecule has 2 aliphatic rings. The van der Waals surface area contributed by atoms with Crippen LogP contribution in [0.1, 0.15) is 70.4 Å². The summed E-state index contributed by atoms with van der Waals surface area (Å²) in [6.07, 6.45) is 8.61. The molecule has 0 unspecified atom stereocenters. The summed E-state index contributed by atoms with van der Waals surface area (Å²) < 4.78 is 5.42. The van der Waals surface area contributed by atoms with E-state index in [4.69, 9.17) is 4.74 Å². The molecule has 0 bridgehead atoms. The molecule has 1 N–H and O–H groups in total. The van der Waals surface area contributed by atoms with Crippen LogP contribution >= 0.6 is 0 Å². The minimum Gasteiger partial charge on any atom is -0.387 e. The number of rotatable bonds is 7. The lowest BCUT2D eigenvalue weighted by Crippen LogP contribution is -2.50. The van der Waals surface area contributed by atoms with E-state index >= 15 is 0 Å². The van der Waals surface area contributed by atoms with Gasteiger partial charge < -0.3 is 9.84 Å². The maximum Gasteiger partial charge on any atom is 0.167 e. The Kier molecular flexibility index (Phi) is 7.09. The summed E-state index contributed by atoms with van der Waals surface area (Å²) >= 11 is 0. The number of aryl methyl sites for hydroxylation is 2. The number of carbonyl (C=O) groups excluding carboxylic acids is 1. The van der Waals surface area contributed by atoms with Crippen molar-refractivity contribution in [1.29, 1.82) is 0 Å². The highest BCUT2D eigenvalue weighted by Crippen LogP contribution is 2.53. The Labute approximate surface area is 214 Å². The van der Waals surface area contributed by atoms with Gasteiger partial charge in [0.15, 0.2) is 5.78 Å². The first-order valence-electron chi connectivity index (χ1n) is 13.2. The van der Waals surface area contributed by atoms with Crippen molar-refractivity contribution < 1.29 is 14.6 Å². The molecule has 1 heterocycles. The SMILES string of the molecule is COC[C@@]1(O)CC[C@@]2(Cc3ccccc3)c3ccc(C(=O)Cc4cccnc4C)cc3CCC[C@H]2C1. The number of aliphatic hydroxyl groups is 1. The minimum atomic E-state index is -0.762. The summed E-state index contributed by atoms with van der Waals surface area (Å²) in [6, 6.07) is 21.1. The molecule has 5 rings (SSSR count). The van der Waals surface area contributed by atoms with Gasteiger partial charge in [-0.05, 0) is 92.2 Å². The fraction of sp³-hybridized carbons (Fsp3) is 0.438. The molecule has 3 aromatic rings. The lowest BCUT2D eigenvalue weighted by molar-refractivity contribution is -0.0898. The number of fused-ring (bicyclic) bond motifs is 3. The zero-order valence-electron chi connectivity index (χ0n) is 21.5. The second-order valence-corrected chi connectivity index (χ2v) is 11.0. The van der Waals surface area contributed by atoms with Crippen LogP contribution in [0.4, 0.5) is 0 Å². The molecular weight excluding hydrogens is 446 g/mol. The highest BCUT2D eigenvalue weighted by atomic mass is 16.5. The van der Waals surface area contributed by atoms with E-state index < -0.39 is 5.60 Å². The summed E-state index contributed by atoms with van der Waals surface area (Å²) in [4.78, 5) is 17.6. The molecule has 1 saturated carbocycles. The maximum absolute atomic E-state index is 13.3. The maximum atomic E-state index is 13.3. The van der Waals surface area contributed by atoms with Crippen molar-refractivity contribution in [2.75, 3.05) is 13.7 Å². The molecule has 36 heavy (non-hydrogen) atoms. The van der Waals surface area contributed by atoms with E-state index in [1.165, 1.54) is 16.7 Å². The number of aromatic nitrogens is 1. The summed E-state index contributed by atoms with van der Waals surface area (Å²) in [7, 11) is 1.68. The number of benzene rings is 2. The highest BCUT2D eigenvalue weighted by Gasteiger charge is 2.50. The lowest BCUT2D eigenvalue weighted by Gasteiger charge is -2.50. The summed E-state index contributed by atoms with van der Waals surface area (Å²) in [5.74, 6) is 0.511. The van der Waals surface area contributed by atoms with Gasteiger partial charge in [0.25, 0.3) is 0 Å². The standard InChI is InChI=1S/C32H37NO3/c1-23-25(11-7-17-33-23)19-30(34)27-13-14-29-26(18-27)10-6-12-28-21-31(35,22-36-2)15-16-32(28,29)20-24-8-4-3-5-9-24/h3-5,7-9,11,13-14,17-18,28,35H,6,10,12,15-16,19-22H2,1-2H3/t28-,31+,32-/m0/s1. The highest BCUT2D eigenvalue weighted by molar-refractivity contribution is 5.97. The third kappa shape index (κ3) is 4.89. The van der Waals surface area contributed by atoms with Crippen molar-refractivity contribution in [3.8, 4) is 0 Å². The molecular formula is C32H37NO3. The Morgan fingerprint density at radius 3 is 2.72 bits per heavy atom. The van der Waals surface area contributed by atoms with Crippen molar-refractivity contribution >= 4 is 5.78 Å². The van der Waals surface area contributed by atoms with Crippen LogP contribution in [-0.4, -0.2) is 35.2 Å². The molecule has 3 atom stereocenters.